The largest absolute Gasteiger partial charge is 0.484 e. The van der Waals surface area contributed by atoms with Crippen LogP contribution < -0.4 is 21.1 Å². The third-order valence-electron chi connectivity index (χ3n) is 6.46. The average Bonchev–Trinajstić information content (AvgIpc) is 2.93. The van der Waals surface area contributed by atoms with Crippen molar-refractivity contribution < 1.29 is 14.3 Å². The summed E-state index contributed by atoms with van der Waals surface area (Å²) in [6, 6.07) is 15.1. The topological polar surface area (TPSA) is 135 Å². The number of fused-ring (bicyclic) bond motifs is 1. The number of nitrogens with one attached hydrogen (secondary N) is 3. The third-order valence-corrected chi connectivity index (χ3v) is 6.46. The molecule has 0 spiro atoms. The number of rotatable bonds is 10. The minimum Gasteiger partial charge on any atom is -0.484 e. The van der Waals surface area contributed by atoms with E-state index in [0.717, 1.165) is 34.5 Å². The van der Waals surface area contributed by atoms with E-state index in [2.05, 4.69) is 10.6 Å². The van der Waals surface area contributed by atoms with Crippen molar-refractivity contribution in [3.63, 3.8) is 0 Å². The Morgan fingerprint density at radius 3 is 2.71 bits per heavy atom. The van der Waals surface area contributed by atoms with Crippen molar-refractivity contribution in [3.8, 4) is 17.1 Å². The Morgan fingerprint density at radius 2 is 2.00 bits per heavy atom. The lowest BCUT2D eigenvalue weighted by molar-refractivity contribution is -0.124. The maximum absolute atomic E-state index is 12.3. The Morgan fingerprint density at radius 1 is 1.21 bits per heavy atom. The fourth-order valence-electron chi connectivity index (χ4n) is 3.95. The van der Waals surface area contributed by atoms with Gasteiger partial charge in [0.25, 0.3) is 5.91 Å². The van der Waals surface area contributed by atoms with Crippen LogP contribution in [0.5, 0.6) is 5.75 Å². The summed E-state index contributed by atoms with van der Waals surface area (Å²) in [7, 11) is 0. The molecule has 38 heavy (non-hydrogen) atoms. The predicted octanol–water partition coefficient (Wildman–Crippen LogP) is 4.59. The number of amides is 1. The lowest BCUT2D eigenvalue weighted by atomic mass is 10.0. The molecule has 0 fully saturated rings. The first-order valence-corrected chi connectivity index (χ1v) is 12.6. The molecule has 9 nitrogen and oxygen atoms in total. The van der Waals surface area contributed by atoms with E-state index >= 15 is 0 Å². The Bertz CT molecular complexity index is 1330. The van der Waals surface area contributed by atoms with E-state index < -0.39 is 0 Å². The van der Waals surface area contributed by atoms with Gasteiger partial charge in [0.05, 0.1) is 18.9 Å². The zero-order valence-electron chi connectivity index (χ0n) is 22.0. The molecule has 3 aromatic rings. The average molecular weight is 515 g/mol. The molecule has 4 rings (SSSR count). The van der Waals surface area contributed by atoms with Crippen molar-refractivity contribution in [2.45, 2.75) is 45.8 Å². The zero-order chi connectivity index (χ0) is 27.1. The monoisotopic (exact) mass is 514 g/mol. The number of anilines is 2. The summed E-state index contributed by atoms with van der Waals surface area (Å²) in [5, 5.41) is 13.9. The maximum atomic E-state index is 12.3. The molecule has 0 radical (unpaired) electrons. The standard InChI is InChI=1S/C29H34N6O3/c1-4-29(2,3)35-26(36)18-38-23-7-5-6-20(14-23)27-33-25-12-13-37-17-24(25)28(34-27)32-22-10-8-19(9-11-22)21(15-30)16-31/h5-11,14-16,30H,4,12-13,17-18,31H2,1-3H3,(H,35,36)(H,32,33,34)/b21-16+,30-15?. The van der Waals surface area contributed by atoms with Gasteiger partial charge in [-0.3, -0.25) is 4.79 Å². The molecule has 2 aromatic carbocycles. The molecular weight excluding hydrogens is 480 g/mol. The van der Waals surface area contributed by atoms with Crippen molar-refractivity contribution in [3.05, 3.63) is 71.6 Å². The Kier molecular flexibility index (Phi) is 8.38. The van der Waals surface area contributed by atoms with Crippen LogP contribution in [0.3, 0.4) is 0 Å². The van der Waals surface area contributed by atoms with Gasteiger partial charge < -0.3 is 31.3 Å². The number of allylic oxidation sites excluding steroid dienone is 1. The number of benzene rings is 2. The normalized spacial score (nSPS) is 13.4. The highest BCUT2D eigenvalue weighted by atomic mass is 16.5. The van der Waals surface area contributed by atoms with Crippen molar-refractivity contribution in [2.24, 2.45) is 5.73 Å². The Hall–Kier alpha value is -4.24. The van der Waals surface area contributed by atoms with Gasteiger partial charge in [-0.2, -0.15) is 0 Å². The Labute approximate surface area is 223 Å². The molecule has 5 N–H and O–H groups in total. The van der Waals surface area contributed by atoms with Crippen LogP contribution in [0.4, 0.5) is 11.5 Å². The van der Waals surface area contributed by atoms with Crippen LogP contribution in [0.1, 0.15) is 44.0 Å². The van der Waals surface area contributed by atoms with Crippen molar-refractivity contribution in [2.75, 3.05) is 18.5 Å². The lowest BCUT2D eigenvalue weighted by Gasteiger charge is -2.24. The molecule has 0 unspecified atom stereocenters. The first-order chi connectivity index (χ1) is 18.3. The van der Waals surface area contributed by atoms with Gasteiger partial charge in [-0.05, 0) is 50.1 Å². The van der Waals surface area contributed by atoms with Gasteiger partial charge >= 0.3 is 0 Å². The van der Waals surface area contributed by atoms with Crippen molar-refractivity contribution >= 4 is 29.2 Å². The molecule has 1 aromatic heterocycles. The minimum atomic E-state index is -0.282. The molecule has 2 heterocycles. The minimum absolute atomic E-state index is 0.0723. The summed E-state index contributed by atoms with van der Waals surface area (Å²) in [5.41, 5.74) is 10.3. The van der Waals surface area contributed by atoms with E-state index in [9.17, 15) is 4.79 Å². The van der Waals surface area contributed by atoms with Gasteiger partial charge in [-0.15, -0.1) is 0 Å². The summed E-state index contributed by atoms with van der Waals surface area (Å²) in [4.78, 5) is 22.0. The van der Waals surface area contributed by atoms with Crippen LogP contribution in [-0.2, 0) is 22.6 Å². The summed E-state index contributed by atoms with van der Waals surface area (Å²) in [5.74, 6) is 1.63. The molecule has 1 aliphatic heterocycles. The second-order valence-corrected chi connectivity index (χ2v) is 9.69. The molecule has 0 saturated heterocycles. The number of nitrogens with two attached hydrogens (primary N) is 1. The van der Waals surface area contributed by atoms with Gasteiger partial charge in [-0.25, -0.2) is 9.97 Å². The third kappa shape index (κ3) is 6.54. The van der Waals surface area contributed by atoms with Crippen LogP contribution >= 0.6 is 0 Å². The molecule has 0 aliphatic carbocycles. The van der Waals surface area contributed by atoms with E-state index in [0.29, 0.717) is 42.6 Å². The van der Waals surface area contributed by atoms with E-state index in [1.54, 1.807) is 0 Å². The van der Waals surface area contributed by atoms with Gasteiger partial charge in [0.1, 0.15) is 11.6 Å². The fraction of sp³-hybridized carbons (Fsp3) is 0.310. The zero-order valence-corrected chi connectivity index (χ0v) is 22.0. The number of carbonyl (C=O) groups excluding carboxylic acids is 1. The Balaban J connectivity index is 1.57. The number of aromatic nitrogens is 2. The van der Waals surface area contributed by atoms with Crippen LogP contribution in [-0.4, -0.2) is 40.8 Å². The van der Waals surface area contributed by atoms with Crippen molar-refractivity contribution in [1.82, 2.24) is 15.3 Å². The molecule has 0 bridgehead atoms. The molecule has 1 amide bonds. The number of hydrogen-bond acceptors (Lipinski definition) is 8. The highest BCUT2D eigenvalue weighted by Gasteiger charge is 2.20. The number of carbonyl (C=O) groups is 1. The first kappa shape index (κ1) is 26.8. The van der Waals surface area contributed by atoms with Gasteiger partial charge in [0.2, 0.25) is 0 Å². The summed E-state index contributed by atoms with van der Waals surface area (Å²) in [6.45, 7) is 6.94. The highest BCUT2D eigenvalue weighted by Crippen LogP contribution is 2.30. The van der Waals surface area contributed by atoms with Crippen LogP contribution in [0, 0.1) is 5.41 Å². The van der Waals surface area contributed by atoms with E-state index in [1.807, 2.05) is 69.3 Å². The second kappa shape index (κ2) is 11.9. The van der Waals surface area contributed by atoms with Crippen LogP contribution in [0.25, 0.3) is 17.0 Å². The maximum Gasteiger partial charge on any atom is 0.258 e. The van der Waals surface area contributed by atoms with Gasteiger partial charge in [-0.1, -0.05) is 31.2 Å². The highest BCUT2D eigenvalue weighted by molar-refractivity contribution is 6.08. The van der Waals surface area contributed by atoms with Crippen molar-refractivity contribution in [1.29, 1.82) is 5.41 Å². The molecule has 0 atom stereocenters. The number of ether oxygens (including phenoxy) is 2. The SMILES string of the molecule is CCC(C)(C)NC(=O)COc1cccc(-c2nc3c(c(Nc4ccc(/C(C=N)=C/N)cc4)n2)COCC3)c1. The number of hydrogen-bond donors (Lipinski definition) is 4. The molecule has 9 heteroatoms. The summed E-state index contributed by atoms with van der Waals surface area (Å²) >= 11 is 0. The smallest absolute Gasteiger partial charge is 0.258 e. The molecule has 1 aliphatic rings. The van der Waals surface area contributed by atoms with Gasteiger partial charge in [0.15, 0.2) is 12.4 Å². The molecule has 198 valence electrons. The second-order valence-electron chi connectivity index (χ2n) is 9.69. The molecular formula is C29H34N6O3. The lowest BCUT2D eigenvalue weighted by Crippen LogP contribution is -2.44. The molecule has 0 saturated carbocycles. The summed E-state index contributed by atoms with van der Waals surface area (Å²) < 4.78 is 11.5. The van der Waals surface area contributed by atoms with E-state index in [4.69, 9.17) is 30.6 Å². The van der Waals surface area contributed by atoms with E-state index in [1.165, 1.54) is 12.4 Å². The van der Waals surface area contributed by atoms with Crippen LogP contribution in [0.2, 0.25) is 0 Å². The van der Waals surface area contributed by atoms with Crippen LogP contribution in [0.15, 0.2) is 54.7 Å². The number of nitrogens with zero attached hydrogens (tertiary/aromatic N) is 2. The summed E-state index contributed by atoms with van der Waals surface area (Å²) in [6.07, 6.45) is 4.15. The predicted molar refractivity (Wildman–Crippen MR) is 150 cm³/mol. The van der Waals surface area contributed by atoms with E-state index in [-0.39, 0.29) is 18.1 Å². The van der Waals surface area contributed by atoms with Gasteiger partial charge in [0, 0.05) is 46.8 Å². The first-order valence-electron chi connectivity index (χ1n) is 12.6. The quantitative estimate of drug-likeness (QED) is 0.291. The fourth-order valence-corrected chi connectivity index (χ4v) is 3.95.